The molecule has 0 radical (unpaired) electrons. The fourth-order valence-corrected chi connectivity index (χ4v) is 3.09. The first kappa shape index (κ1) is 14.1. The lowest BCUT2D eigenvalue weighted by atomic mass is 9.93. The molecular weight excluding hydrogens is 264 g/mol. The lowest BCUT2D eigenvalue weighted by Crippen LogP contribution is -2.32. The molecule has 1 aromatic rings. The van der Waals surface area contributed by atoms with Crippen molar-refractivity contribution in [3.05, 3.63) is 23.3 Å². The molecule has 1 N–H and O–H groups in total. The lowest BCUT2D eigenvalue weighted by Gasteiger charge is -2.26. The molecule has 2 amide bonds. The minimum absolute atomic E-state index is 0.000655. The van der Waals surface area contributed by atoms with Gasteiger partial charge in [-0.1, -0.05) is 20.8 Å². The number of nitrogens with one attached hydrogen (secondary N) is 1. The molecule has 0 saturated carbocycles. The van der Waals surface area contributed by atoms with Crippen molar-refractivity contribution < 1.29 is 9.59 Å². The molecule has 0 fully saturated rings. The van der Waals surface area contributed by atoms with Gasteiger partial charge in [0.2, 0.25) is 11.8 Å². The number of nitrogens with zero attached hydrogens (tertiary/aromatic N) is 1. The number of benzene rings is 1. The Kier molecular flexibility index (Phi) is 3.08. The summed E-state index contributed by atoms with van der Waals surface area (Å²) in [5, 5.41) is 2.99. The zero-order chi connectivity index (χ0) is 15.4. The molecule has 0 bridgehead atoms. The third-order valence-electron chi connectivity index (χ3n) is 4.36. The highest BCUT2D eigenvalue weighted by atomic mass is 16.2. The van der Waals surface area contributed by atoms with Gasteiger partial charge < -0.3 is 10.2 Å². The van der Waals surface area contributed by atoms with Crippen LogP contribution in [0.25, 0.3) is 0 Å². The van der Waals surface area contributed by atoms with Crippen LogP contribution in [0.4, 0.5) is 11.4 Å². The van der Waals surface area contributed by atoms with E-state index in [4.69, 9.17) is 0 Å². The largest absolute Gasteiger partial charge is 0.326 e. The standard InChI is InChI=1S/C17H22N2O2/c1-10-13-9-12(18-16(21)17(2,3)4)8-11-6-5-7-19(14(11)13)15(10)20/h8-10H,5-7H2,1-4H3,(H,18,21). The van der Waals surface area contributed by atoms with Crippen LogP contribution < -0.4 is 10.2 Å². The molecule has 0 aliphatic carbocycles. The van der Waals surface area contributed by atoms with E-state index in [1.165, 1.54) is 5.56 Å². The molecule has 112 valence electrons. The van der Waals surface area contributed by atoms with Crippen LogP contribution in [0.5, 0.6) is 0 Å². The number of hydrogen-bond acceptors (Lipinski definition) is 2. The highest BCUT2D eigenvalue weighted by Gasteiger charge is 2.38. The van der Waals surface area contributed by atoms with Gasteiger partial charge in [-0.05, 0) is 43.0 Å². The smallest absolute Gasteiger partial charge is 0.234 e. The van der Waals surface area contributed by atoms with E-state index >= 15 is 0 Å². The Bertz CT molecular complexity index is 628. The Morgan fingerprint density at radius 2 is 2.05 bits per heavy atom. The summed E-state index contributed by atoms with van der Waals surface area (Å²) in [6, 6.07) is 4.00. The van der Waals surface area contributed by atoms with Crippen LogP contribution in [0, 0.1) is 5.41 Å². The van der Waals surface area contributed by atoms with Crippen LogP contribution in [-0.4, -0.2) is 18.4 Å². The summed E-state index contributed by atoms with van der Waals surface area (Å²) in [7, 11) is 0. The van der Waals surface area contributed by atoms with Crippen molar-refractivity contribution in [1.29, 1.82) is 0 Å². The van der Waals surface area contributed by atoms with Crippen molar-refractivity contribution in [2.24, 2.45) is 5.41 Å². The van der Waals surface area contributed by atoms with Crippen LogP contribution in [0.2, 0.25) is 0 Å². The minimum atomic E-state index is -0.427. The van der Waals surface area contributed by atoms with Gasteiger partial charge >= 0.3 is 0 Å². The Morgan fingerprint density at radius 1 is 1.33 bits per heavy atom. The van der Waals surface area contributed by atoms with Gasteiger partial charge in [-0.15, -0.1) is 0 Å². The second kappa shape index (κ2) is 4.58. The topological polar surface area (TPSA) is 49.4 Å². The fourth-order valence-electron chi connectivity index (χ4n) is 3.09. The molecule has 4 nitrogen and oxygen atoms in total. The summed E-state index contributed by atoms with van der Waals surface area (Å²) in [5.41, 5.74) is 3.71. The van der Waals surface area contributed by atoms with Gasteiger partial charge in [-0.25, -0.2) is 0 Å². The maximum atomic E-state index is 12.3. The van der Waals surface area contributed by atoms with Gasteiger partial charge in [0.15, 0.2) is 0 Å². The summed E-state index contributed by atoms with van der Waals surface area (Å²) >= 11 is 0. The Hall–Kier alpha value is -1.84. The quantitative estimate of drug-likeness (QED) is 0.862. The van der Waals surface area contributed by atoms with E-state index in [9.17, 15) is 9.59 Å². The van der Waals surface area contributed by atoms with Gasteiger partial charge in [0.05, 0.1) is 11.6 Å². The number of hydrogen-bond donors (Lipinski definition) is 1. The second-order valence-corrected chi connectivity index (χ2v) is 7.09. The number of carbonyl (C=O) groups excluding carboxylic acids is 2. The molecule has 2 aliphatic rings. The molecule has 1 aromatic carbocycles. The lowest BCUT2D eigenvalue weighted by molar-refractivity contribution is -0.123. The second-order valence-electron chi connectivity index (χ2n) is 7.09. The predicted molar refractivity (Wildman–Crippen MR) is 83.6 cm³/mol. The summed E-state index contributed by atoms with van der Waals surface area (Å²) in [5.74, 6) is 0.0767. The van der Waals surface area contributed by atoms with Gasteiger partial charge in [0.25, 0.3) is 0 Å². The highest BCUT2D eigenvalue weighted by molar-refractivity contribution is 6.07. The Labute approximate surface area is 125 Å². The average Bonchev–Trinajstić information content (AvgIpc) is 2.65. The Morgan fingerprint density at radius 3 is 2.71 bits per heavy atom. The monoisotopic (exact) mass is 286 g/mol. The number of rotatable bonds is 1. The first-order valence-corrected chi connectivity index (χ1v) is 7.58. The van der Waals surface area contributed by atoms with Crippen LogP contribution in [0.15, 0.2) is 12.1 Å². The van der Waals surface area contributed by atoms with Crippen molar-refractivity contribution in [3.8, 4) is 0 Å². The van der Waals surface area contributed by atoms with E-state index in [0.717, 1.165) is 36.3 Å². The maximum absolute atomic E-state index is 12.3. The van der Waals surface area contributed by atoms with Crippen molar-refractivity contribution >= 4 is 23.2 Å². The molecule has 1 unspecified atom stereocenters. The van der Waals surface area contributed by atoms with E-state index in [1.807, 2.05) is 44.7 Å². The average molecular weight is 286 g/mol. The Balaban J connectivity index is 2.01. The normalized spacial score (nSPS) is 20.5. The van der Waals surface area contributed by atoms with Crippen LogP contribution in [-0.2, 0) is 16.0 Å². The van der Waals surface area contributed by atoms with Gasteiger partial charge in [-0.2, -0.15) is 0 Å². The van der Waals surface area contributed by atoms with Gasteiger partial charge in [0, 0.05) is 17.6 Å². The van der Waals surface area contributed by atoms with Gasteiger partial charge in [-0.3, -0.25) is 9.59 Å². The van der Waals surface area contributed by atoms with Crippen molar-refractivity contribution in [2.75, 3.05) is 16.8 Å². The van der Waals surface area contributed by atoms with E-state index in [1.54, 1.807) is 0 Å². The minimum Gasteiger partial charge on any atom is -0.326 e. The van der Waals surface area contributed by atoms with Crippen LogP contribution in [0.3, 0.4) is 0 Å². The third kappa shape index (κ3) is 2.23. The first-order chi connectivity index (χ1) is 9.79. The fraction of sp³-hybridized carbons (Fsp3) is 0.529. The SMILES string of the molecule is CC1C(=O)N2CCCc3cc(NC(=O)C(C)(C)C)cc1c32. The number of aryl methyl sites for hydroxylation is 1. The molecule has 4 heteroatoms. The van der Waals surface area contributed by atoms with E-state index < -0.39 is 5.41 Å². The number of amides is 2. The molecule has 0 aromatic heterocycles. The molecule has 1 atom stereocenters. The first-order valence-electron chi connectivity index (χ1n) is 7.58. The predicted octanol–water partition coefficient (Wildman–Crippen LogP) is 3.07. The van der Waals surface area contributed by atoms with Crippen molar-refractivity contribution in [2.45, 2.75) is 46.5 Å². The van der Waals surface area contributed by atoms with Crippen molar-refractivity contribution in [1.82, 2.24) is 0 Å². The zero-order valence-electron chi connectivity index (χ0n) is 13.1. The number of anilines is 2. The van der Waals surface area contributed by atoms with Gasteiger partial charge in [0.1, 0.15) is 0 Å². The van der Waals surface area contributed by atoms with E-state index in [0.29, 0.717) is 0 Å². The molecule has 2 heterocycles. The highest BCUT2D eigenvalue weighted by Crippen LogP contribution is 2.44. The third-order valence-corrected chi connectivity index (χ3v) is 4.36. The maximum Gasteiger partial charge on any atom is 0.234 e. The van der Waals surface area contributed by atoms with E-state index in [-0.39, 0.29) is 17.7 Å². The van der Waals surface area contributed by atoms with E-state index in [2.05, 4.69) is 5.32 Å². The summed E-state index contributed by atoms with van der Waals surface area (Å²) in [6.07, 6.45) is 1.96. The van der Waals surface area contributed by atoms with Crippen LogP contribution >= 0.6 is 0 Å². The summed E-state index contributed by atoms with van der Waals surface area (Å²) in [6.45, 7) is 8.46. The van der Waals surface area contributed by atoms with Crippen LogP contribution in [0.1, 0.15) is 51.2 Å². The zero-order valence-corrected chi connectivity index (χ0v) is 13.1. The summed E-state index contributed by atoms with van der Waals surface area (Å²) < 4.78 is 0. The molecular formula is C17H22N2O2. The molecule has 2 aliphatic heterocycles. The van der Waals surface area contributed by atoms with Crippen molar-refractivity contribution in [3.63, 3.8) is 0 Å². The molecule has 21 heavy (non-hydrogen) atoms. The molecule has 0 saturated heterocycles. The molecule has 3 rings (SSSR count). The number of carbonyl (C=O) groups is 2. The summed E-state index contributed by atoms with van der Waals surface area (Å²) in [4.78, 5) is 26.4. The molecule has 0 spiro atoms.